The Morgan fingerprint density at radius 3 is 2.59 bits per heavy atom. The van der Waals surface area contributed by atoms with Crippen LogP contribution in [0.25, 0.3) is 0 Å². The van der Waals surface area contributed by atoms with Crippen LogP contribution in [-0.2, 0) is 24.3 Å². The smallest absolute Gasteiger partial charge is 0.307 e. The number of esters is 1. The largest absolute Gasteiger partial charge is 0.495 e. The quantitative estimate of drug-likeness (QED) is 0.610. The van der Waals surface area contributed by atoms with Crippen LogP contribution in [0, 0.1) is 0 Å². The van der Waals surface area contributed by atoms with Gasteiger partial charge in [0.15, 0.2) is 6.10 Å². The van der Waals surface area contributed by atoms with Gasteiger partial charge < -0.3 is 14.8 Å². The minimum atomic E-state index is -3.64. The molecule has 146 valence electrons. The van der Waals surface area contributed by atoms with Crippen LogP contribution in [0.1, 0.15) is 13.3 Å². The summed E-state index contributed by atoms with van der Waals surface area (Å²) < 4.78 is 36.5. The molecule has 0 saturated carbocycles. The van der Waals surface area contributed by atoms with Gasteiger partial charge in [0, 0.05) is 6.54 Å². The number of sulfonamides is 1. The van der Waals surface area contributed by atoms with E-state index in [2.05, 4.69) is 10.0 Å². The summed E-state index contributed by atoms with van der Waals surface area (Å²) in [5.74, 6) is -0.731. The molecule has 1 amide bonds. The Morgan fingerprint density at radius 1 is 1.19 bits per heavy atom. The first-order valence-electron chi connectivity index (χ1n) is 8.00. The Labute approximate surface area is 161 Å². The molecule has 0 spiro atoms. The molecule has 2 aromatic rings. The first kappa shape index (κ1) is 20.9. The van der Waals surface area contributed by atoms with Gasteiger partial charge in [-0.1, -0.05) is 18.2 Å². The van der Waals surface area contributed by atoms with Crippen molar-refractivity contribution in [1.29, 1.82) is 0 Å². The fraction of sp³-hybridized carbons (Fsp3) is 0.294. The molecule has 0 radical (unpaired) electrons. The second kappa shape index (κ2) is 9.49. The molecule has 0 aliphatic rings. The van der Waals surface area contributed by atoms with Crippen LogP contribution >= 0.6 is 11.3 Å². The van der Waals surface area contributed by atoms with E-state index in [4.69, 9.17) is 9.47 Å². The first-order valence-corrected chi connectivity index (χ1v) is 10.4. The molecule has 2 N–H and O–H groups in total. The highest BCUT2D eigenvalue weighted by Gasteiger charge is 2.20. The van der Waals surface area contributed by atoms with Crippen molar-refractivity contribution in [3.63, 3.8) is 0 Å². The third kappa shape index (κ3) is 6.05. The van der Waals surface area contributed by atoms with Crippen molar-refractivity contribution < 1.29 is 27.5 Å². The van der Waals surface area contributed by atoms with Crippen molar-refractivity contribution in [2.24, 2.45) is 0 Å². The summed E-state index contributed by atoms with van der Waals surface area (Å²) in [6.45, 7) is 1.30. The summed E-state index contributed by atoms with van der Waals surface area (Å²) >= 11 is 1.08. The minimum absolute atomic E-state index is 0.125. The number of anilines is 1. The summed E-state index contributed by atoms with van der Waals surface area (Å²) in [6, 6.07) is 9.92. The van der Waals surface area contributed by atoms with Gasteiger partial charge in [0.25, 0.3) is 5.91 Å². The molecule has 0 bridgehead atoms. The van der Waals surface area contributed by atoms with Crippen LogP contribution in [0.2, 0.25) is 0 Å². The molecule has 1 aromatic carbocycles. The summed E-state index contributed by atoms with van der Waals surface area (Å²) in [5, 5.41) is 4.26. The summed E-state index contributed by atoms with van der Waals surface area (Å²) in [7, 11) is -2.16. The molecule has 0 unspecified atom stereocenters. The number of carbonyl (C=O) groups excluding carboxylic acids is 2. The van der Waals surface area contributed by atoms with Crippen LogP contribution in [-0.4, -0.2) is 40.1 Å². The molecule has 0 aliphatic carbocycles. The number of hydrogen-bond acceptors (Lipinski definition) is 7. The topological polar surface area (TPSA) is 111 Å². The highest BCUT2D eigenvalue weighted by molar-refractivity contribution is 7.91. The molecular formula is C17H20N2O6S2. The fourth-order valence-corrected chi connectivity index (χ4v) is 4.14. The molecule has 0 aliphatic heterocycles. The van der Waals surface area contributed by atoms with Crippen molar-refractivity contribution >= 4 is 38.9 Å². The Kier molecular flexibility index (Phi) is 7.34. The second-order valence-corrected chi connectivity index (χ2v) is 8.34. The van der Waals surface area contributed by atoms with E-state index in [9.17, 15) is 18.0 Å². The molecule has 0 fully saturated rings. The SMILES string of the molecule is COc1ccccc1NC(=O)[C@H](C)OC(=O)CCNS(=O)(=O)c1cccs1. The summed E-state index contributed by atoms with van der Waals surface area (Å²) in [4.78, 5) is 24.0. The van der Waals surface area contributed by atoms with Crippen LogP contribution in [0.5, 0.6) is 5.75 Å². The average molecular weight is 412 g/mol. The predicted molar refractivity (Wildman–Crippen MR) is 101 cm³/mol. The average Bonchev–Trinajstić information content (AvgIpc) is 3.17. The number of thiophene rings is 1. The monoisotopic (exact) mass is 412 g/mol. The standard InChI is InChI=1S/C17H20N2O6S2/c1-12(17(21)19-13-6-3-4-7-14(13)24-2)25-15(20)9-10-18-27(22,23)16-8-5-11-26-16/h3-8,11-12,18H,9-10H2,1-2H3,(H,19,21)/t12-/m0/s1. The van der Waals surface area contributed by atoms with E-state index >= 15 is 0 Å². The molecule has 2 rings (SSSR count). The number of amides is 1. The lowest BCUT2D eigenvalue weighted by atomic mass is 10.2. The van der Waals surface area contributed by atoms with E-state index in [1.54, 1.807) is 35.7 Å². The zero-order valence-corrected chi connectivity index (χ0v) is 16.4. The molecule has 8 nitrogen and oxygen atoms in total. The first-order chi connectivity index (χ1) is 12.8. The molecule has 1 atom stereocenters. The Hall–Kier alpha value is -2.43. The fourth-order valence-electron chi connectivity index (χ4n) is 2.07. The number of ether oxygens (including phenoxy) is 2. The van der Waals surface area contributed by atoms with Crippen molar-refractivity contribution in [3.8, 4) is 5.75 Å². The number of benzene rings is 1. The van der Waals surface area contributed by atoms with Gasteiger partial charge in [-0.15, -0.1) is 11.3 Å². The van der Waals surface area contributed by atoms with Crippen molar-refractivity contribution in [1.82, 2.24) is 4.72 Å². The number of carbonyl (C=O) groups is 2. The lowest BCUT2D eigenvalue weighted by molar-refractivity contribution is -0.152. The van der Waals surface area contributed by atoms with Crippen LogP contribution < -0.4 is 14.8 Å². The van der Waals surface area contributed by atoms with E-state index in [1.165, 1.54) is 20.1 Å². The number of nitrogens with one attached hydrogen (secondary N) is 2. The Bertz CT molecular complexity index is 881. The van der Waals surface area contributed by atoms with E-state index in [1.807, 2.05) is 0 Å². The molecule has 1 heterocycles. The Balaban J connectivity index is 1.80. The van der Waals surface area contributed by atoms with E-state index in [0.717, 1.165) is 11.3 Å². The van der Waals surface area contributed by atoms with Gasteiger partial charge in [-0.05, 0) is 30.5 Å². The van der Waals surface area contributed by atoms with Crippen LogP contribution in [0.15, 0.2) is 46.0 Å². The maximum absolute atomic E-state index is 12.2. The van der Waals surface area contributed by atoms with Gasteiger partial charge >= 0.3 is 5.97 Å². The van der Waals surface area contributed by atoms with Crippen LogP contribution in [0.4, 0.5) is 5.69 Å². The molecule has 27 heavy (non-hydrogen) atoms. The second-order valence-electron chi connectivity index (χ2n) is 5.40. The van der Waals surface area contributed by atoms with Crippen LogP contribution in [0.3, 0.4) is 0 Å². The van der Waals surface area contributed by atoms with E-state index < -0.39 is 28.0 Å². The highest BCUT2D eigenvalue weighted by atomic mass is 32.2. The Morgan fingerprint density at radius 2 is 1.93 bits per heavy atom. The lowest BCUT2D eigenvalue weighted by Gasteiger charge is -2.15. The van der Waals surface area contributed by atoms with Gasteiger partial charge in [-0.25, -0.2) is 13.1 Å². The molecule has 1 aromatic heterocycles. The molecular weight excluding hydrogens is 392 g/mol. The molecule has 10 heteroatoms. The number of rotatable bonds is 9. The van der Waals surface area contributed by atoms with Crippen molar-refractivity contribution in [2.75, 3.05) is 19.0 Å². The van der Waals surface area contributed by atoms with Crippen molar-refractivity contribution in [2.45, 2.75) is 23.7 Å². The predicted octanol–water partition coefficient (Wildman–Crippen LogP) is 2.00. The highest BCUT2D eigenvalue weighted by Crippen LogP contribution is 2.23. The van der Waals surface area contributed by atoms with E-state index in [-0.39, 0.29) is 17.2 Å². The number of para-hydroxylation sites is 2. The third-order valence-electron chi connectivity index (χ3n) is 3.42. The van der Waals surface area contributed by atoms with E-state index in [0.29, 0.717) is 11.4 Å². The van der Waals surface area contributed by atoms with Gasteiger partial charge in [-0.3, -0.25) is 9.59 Å². The normalized spacial score (nSPS) is 12.2. The number of hydrogen-bond donors (Lipinski definition) is 2. The number of methoxy groups -OCH3 is 1. The maximum atomic E-state index is 12.2. The van der Waals surface area contributed by atoms with Gasteiger partial charge in [0.1, 0.15) is 9.96 Å². The zero-order valence-electron chi connectivity index (χ0n) is 14.8. The molecule has 0 saturated heterocycles. The minimum Gasteiger partial charge on any atom is -0.495 e. The van der Waals surface area contributed by atoms with Crippen molar-refractivity contribution in [3.05, 3.63) is 41.8 Å². The summed E-state index contributed by atoms with van der Waals surface area (Å²) in [6.07, 6.45) is -1.24. The maximum Gasteiger partial charge on any atom is 0.307 e. The van der Waals surface area contributed by atoms with Gasteiger partial charge in [0.2, 0.25) is 10.0 Å². The lowest BCUT2D eigenvalue weighted by Crippen LogP contribution is -2.32. The zero-order chi connectivity index (χ0) is 19.9. The van der Waals surface area contributed by atoms with Gasteiger partial charge in [-0.2, -0.15) is 0 Å². The summed E-state index contributed by atoms with van der Waals surface area (Å²) in [5.41, 5.74) is 0.455. The third-order valence-corrected chi connectivity index (χ3v) is 6.28. The van der Waals surface area contributed by atoms with Gasteiger partial charge in [0.05, 0.1) is 19.2 Å².